The average Bonchev–Trinajstić information content (AvgIpc) is 2.72. The number of halogens is 2. The van der Waals surface area contributed by atoms with Gasteiger partial charge >= 0.3 is 0 Å². The lowest BCUT2D eigenvalue weighted by molar-refractivity contribution is 0.0775. The summed E-state index contributed by atoms with van der Waals surface area (Å²) in [5.74, 6) is 1.40. The van der Waals surface area contributed by atoms with Gasteiger partial charge in [-0.1, -0.05) is 23.2 Å². The van der Waals surface area contributed by atoms with Crippen molar-refractivity contribution in [2.45, 2.75) is 13.5 Å². The number of nitrogens with zero attached hydrogens (tertiary/aromatic N) is 1. The summed E-state index contributed by atoms with van der Waals surface area (Å²) >= 11 is 11.8. The highest BCUT2D eigenvalue weighted by Gasteiger charge is 2.14. The van der Waals surface area contributed by atoms with E-state index in [0.29, 0.717) is 22.2 Å². The fraction of sp³-hybridized carbons (Fsp3) is 0.214. The first-order chi connectivity index (χ1) is 8.95. The number of rotatable bonds is 3. The molecule has 0 bridgehead atoms. The zero-order valence-corrected chi connectivity index (χ0v) is 12.1. The van der Waals surface area contributed by atoms with E-state index in [-0.39, 0.29) is 5.91 Å². The molecule has 0 N–H and O–H groups in total. The first kappa shape index (κ1) is 14.0. The quantitative estimate of drug-likeness (QED) is 0.852. The Bertz CT molecular complexity index is 587. The Balaban J connectivity index is 2.14. The topological polar surface area (TPSA) is 33.5 Å². The second kappa shape index (κ2) is 5.68. The van der Waals surface area contributed by atoms with Gasteiger partial charge in [-0.3, -0.25) is 4.79 Å². The summed E-state index contributed by atoms with van der Waals surface area (Å²) < 4.78 is 5.44. The van der Waals surface area contributed by atoms with Crippen LogP contribution in [0.15, 0.2) is 34.7 Å². The smallest absolute Gasteiger partial charge is 0.254 e. The van der Waals surface area contributed by atoms with E-state index in [0.717, 1.165) is 11.5 Å². The van der Waals surface area contributed by atoms with Crippen molar-refractivity contribution >= 4 is 29.1 Å². The van der Waals surface area contributed by atoms with Gasteiger partial charge in [-0.2, -0.15) is 0 Å². The van der Waals surface area contributed by atoms with Crippen LogP contribution in [-0.4, -0.2) is 17.9 Å². The van der Waals surface area contributed by atoms with Gasteiger partial charge in [0.25, 0.3) is 5.91 Å². The lowest BCUT2D eigenvalue weighted by atomic mass is 10.2. The Morgan fingerprint density at radius 2 is 1.84 bits per heavy atom. The summed E-state index contributed by atoms with van der Waals surface area (Å²) in [5.41, 5.74) is 0.461. The number of carbonyl (C=O) groups excluding carboxylic acids is 1. The molecular formula is C14H13Cl2NO2. The number of benzene rings is 1. The van der Waals surface area contributed by atoms with Crippen molar-refractivity contribution in [2.75, 3.05) is 7.05 Å². The summed E-state index contributed by atoms with van der Waals surface area (Å²) in [6, 6.07) is 8.50. The van der Waals surface area contributed by atoms with Gasteiger partial charge in [0.1, 0.15) is 11.5 Å². The molecule has 0 saturated carbocycles. The van der Waals surface area contributed by atoms with Crippen LogP contribution in [0.4, 0.5) is 0 Å². The standard InChI is InChI=1S/C14H13Cl2NO2/c1-9-3-4-13(19-9)8-17(2)14(18)10-5-11(15)7-12(16)6-10/h3-7H,8H2,1-2H3. The van der Waals surface area contributed by atoms with Gasteiger partial charge in [0.15, 0.2) is 0 Å². The van der Waals surface area contributed by atoms with Crippen LogP contribution in [0.2, 0.25) is 10.0 Å². The minimum Gasteiger partial charge on any atom is -0.464 e. The van der Waals surface area contributed by atoms with Crippen molar-refractivity contribution in [3.05, 3.63) is 57.5 Å². The molecule has 1 amide bonds. The van der Waals surface area contributed by atoms with Crippen molar-refractivity contribution in [3.63, 3.8) is 0 Å². The monoisotopic (exact) mass is 297 g/mol. The Morgan fingerprint density at radius 1 is 1.21 bits per heavy atom. The number of aryl methyl sites for hydroxylation is 1. The van der Waals surface area contributed by atoms with Gasteiger partial charge in [0.2, 0.25) is 0 Å². The first-order valence-electron chi connectivity index (χ1n) is 5.72. The minimum absolute atomic E-state index is 0.154. The largest absolute Gasteiger partial charge is 0.464 e. The average molecular weight is 298 g/mol. The fourth-order valence-corrected chi connectivity index (χ4v) is 2.30. The molecule has 2 aromatic rings. The number of furan rings is 1. The molecule has 0 aliphatic rings. The molecule has 0 saturated heterocycles. The zero-order valence-electron chi connectivity index (χ0n) is 10.6. The SMILES string of the molecule is Cc1ccc(CN(C)C(=O)c2cc(Cl)cc(Cl)c2)o1. The summed E-state index contributed by atoms with van der Waals surface area (Å²) in [7, 11) is 1.70. The highest BCUT2D eigenvalue weighted by Crippen LogP contribution is 2.20. The van der Waals surface area contributed by atoms with E-state index < -0.39 is 0 Å². The molecule has 100 valence electrons. The van der Waals surface area contributed by atoms with Crippen LogP contribution in [0.5, 0.6) is 0 Å². The van der Waals surface area contributed by atoms with E-state index in [4.69, 9.17) is 27.6 Å². The predicted molar refractivity (Wildman–Crippen MR) is 75.7 cm³/mol. The van der Waals surface area contributed by atoms with Crippen molar-refractivity contribution in [1.29, 1.82) is 0 Å². The summed E-state index contributed by atoms with van der Waals surface area (Å²) in [6.07, 6.45) is 0. The van der Waals surface area contributed by atoms with Gasteiger partial charge < -0.3 is 9.32 Å². The molecule has 0 fully saturated rings. The molecular weight excluding hydrogens is 285 g/mol. The number of hydrogen-bond acceptors (Lipinski definition) is 2. The molecule has 1 aromatic heterocycles. The molecule has 2 rings (SSSR count). The maximum absolute atomic E-state index is 12.2. The van der Waals surface area contributed by atoms with Crippen LogP contribution >= 0.6 is 23.2 Å². The van der Waals surface area contributed by atoms with Gasteiger partial charge in [0, 0.05) is 22.7 Å². The highest BCUT2D eigenvalue weighted by atomic mass is 35.5. The van der Waals surface area contributed by atoms with Crippen LogP contribution in [-0.2, 0) is 6.54 Å². The van der Waals surface area contributed by atoms with Crippen LogP contribution in [0.25, 0.3) is 0 Å². The van der Waals surface area contributed by atoms with Gasteiger partial charge in [-0.25, -0.2) is 0 Å². The van der Waals surface area contributed by atoms with E-state index in [9.17, 15) is 4.79 Å². The summed E-state index contributed by atoms with van der Waals surface area (Å²) in [6.45, 7) is 2.26. The molecule has 0 aliphatic heterocycles. The zero-order chi connectivity index (χ0) is 14.0. The van der Waals surface area contributed by atoms with Crippen LogP contribution in [0.3, 0.4) is 0 Å². The minimum atomic E-state index is -0.154. The van der Waals surface area contributed by atoms with Crippen LogP contribution in [0.1, 0.15) is 21.9 Å². The van der Waals surface area contributed by atoms with Crippen molar-refractivity contribution in [2.24, 2.45) is 0 Å². The second-order valence-electron chi connectivity index (χ2n) is 4.33. The maximum atomic E-state index is 12.2. The number of carbonyl (C=O) groups is 1. The van der Waals surface area contributed by atoms with Gasteiger partial charge in [0.05, 0.1) is 6.54 Å². The Labute approximate surface area is 121 Å². The Kier molecular flexibility index (Phi) is 4.17. The molecule has 1 aromatic carbocycles. The van der Waals surface area contributed by atoms with Gasteiger partial charge in [-0.05, 0) is 37.3 Å². The third kappa shape index (κ3) is 3.52. The molecule has 0 atom stereocenters. The number of amides is 1. The molecule has 0 spiro atoms. The Morgan fingerprint density at radius 3 is 2.37 bits per heavy atom. The van der Waals surface area contributed by atoms with E-state index in [1.807, 2.05) is 19.1 Å². The van der Waals surface area contributed by atoms with Crippen molar-refractivity contribution in [1.82, 2.24) is 4.90 Å². The van der Waals surface area contributed by atoms with Crippen molar-refractivity contribution in [3.8, 4) is 0 Å². The van der Waals surface area contributed by atoms with E-state index in [1.54, 1.807) is 30.1 Å². The molecule has 0 radical (unpaired) electrons. The van der Waals surface area contributed by atoms with E-state index in [1.165, 1.54) is 0 Å². The predicted octanol–water partition coefficient (Wildman–Crippen LogP) is 4.17. The third-order valence-corrected chi connectivity index (χ3v) is 3.08. The number of hydrogen-bond donors (Lipinski definition) is 0. The molecule has 3 nitrogen and oxygen atoms in total. The van der Waals surface area contributed by atoms with E-state index in [2.05, 4.69) is 0 Å². The first-order valence-corrected chi connectivity index (χ1v) is 6.48. The fourth-order valence-electron chi connectivity index (χ4n) is 1.77. The summed E-state index contributed by atoms with van der Waals surface area (Å²) in [4.78, 5) is 13.8. The van der Waals surface area contributed by atoms with Crippen LogP contribution in [0, 0.1) is 6.92 Å². The summed E-state index contributed by atoms with van der Waals surface area (Å²) in [5, 5.41) is 0.885. The van der Waals surface area contributed by atoms with Crippen molar-refractivity contribution < 1.29 is 9.21 Å². The second-order valence-corrected chi connectivity index (χ2v) is 5.20. The van der Waals surface area contributed by atoms with E-state index >= 15 is 0 Å². The Hall–Kier alpha value is -1.45. The van der Waals surface area contributed by atoms with Gasteiger partial charge in [-0.15, -0.1) is 0 Å². The highest BCUT2D eigenvalue weighted by molar-refractivity contribution is 6.35. The maximum Gasteiger partial charge on any atom is 0.254 e. The molecule has 19 heavy (non-hydrogen) atoms. The lowest BCUT2D eigenvalue weighted by Crippen LogP contribution is -2.26. The normalized spacial score (nSPS) is 10.5. The molecule has 0 aliphatic carbocycles. The molecule has 5 heteroatoms. The third-order valence-electron chi connectivity index (χ3n) is 2.65. The molecule has 0 unspecified atom stereocenters. The lowest BCUT2D eigenvalue weighted by Gasteiger charge is -2.16. The molecule has 1 heterocycles. The van der Waals surface area contributed by atoms with Crippen LogP contribution < -0.4 is 0 Å².